The number of hydrogen-bond acceptors (Lipinski definition) is 2. The second-order valence-electron chi connectivity index (χ2n) is 2.10. The van der Waals surface area contributed by atoms with E-state index in [0.717, 1.165) is 18.4 Å². The fourth-order valence-corrected chi connectivity index (χ4v) is 1.63. The minimum atomic E-state index is 0.236. The van der Waals surface area contributed by atoms with Gasteiger partial charge in [-0.2, -0.15) is 11.8 Å². The maximum Gasteiger partial charge on any atom is 0.232 e. The Morgan fingerprint density at radius 2 is 2.27 bits per heavy atom. The molecule has 0 fully saturated rings. The smallest absolute Gasteiger partial charge is 0.232 e. The highest BCUT2D eigenvalue weighted by molar-refractivity contribution is 9.09. The fraction of sp³-hybridized carbons (Fsp3) is 0.857. The lowest BCUT2D eigenvalue weighted by molar-refractivity contribution is -0.127. The number of thioether (sulfide) groups is 1. The summed E-state index contributed by atoms with van der Waals surface area (Å²) in [6.45, 7) is 3.63. The largest absolute Gasteiger partial charge is 0.341 e. The molecule has 0 radical (unpaired) electrons. The van der Waals surface area contributed by atoms with E-state index in [1.165, 1.54) is 0 Å². The highest BCUT2D eigenvalue weighted by atomic mass is 79.9. The van der Waals surface area contributed by atoms with Crippen molar-refractivity contribution < 1.29 is 4.79 Å². The van der Waals surface area contributed by atoms with Crippen LogP contribution in [0.2, 0.25) is 0 Å². The fourth-order valence-electron chi connectivity index (χ4n) is 0.776. The van der Waals surface area contributed by atoms with Crippen LogP contribution in [-0.2, 0) is 4.79 Å². The molecule has 0 aliphatic rings. The molecular weight excluding hydrogens is 226 g/mol. The van der Waals surface area contributed by atoms with Gasteiger partial charge in [-0.25, -0.2) is 0 Å². The van der Waals surface area contributed by atoms with Gasteiger partial charge in [-0.15, -0.1) is 0 Å². The molecule has 0 saturated heterocycles. The Labute approximate surface area is 80.8 Å². The first-order valence-electron chi connectivity index (χ1n) is 3.59. The molecule has 2 nitrogen and oxygen atoms in total. The summed E-state index contributed by atoms with van der Waals surface area (Å²) in [7, 11) is 0. The molecule has 0 heterocycles. The lowest BCUT2D eigenvalue weighted by Gasteiger charge is -2.18. The minimum Gasteiger partial charge on any atom is -0.341 e. The lowest BCUT2D eigenvalue weighted by Crippen LogP contribution is -2.33. The number of halogens is 1. The molecule has 0 spiro atoms. The highest BCUT2D eigenvalue weighted by Crippen LogP contribution is 1.98. The molecule has 4 heteroatoms. The summed E-state index contributed by atoms with van der Waals surface area (Å²) < 4.78 is 0. The van der Waals surface area contributed by atoms with E-state index in [1.54, 1.807) is 11.8 Å². The van der Waals surface area contributed by atoms with Crippen molar-refractivity contribution in [2.45, 2.75) is 6.92 Å². The summed E-state index contributed by atoms with van der Waals surface area (Å²) in [4.78, 5) is 13.1. The van der Waals surface area contributed by atoms with Crippen molar-refractivity contribution in [2.75, 3.05) is 30.4 Å². The molecule has 0 aliphatic carbocycles. The van der Waals surface area contributed by atoms with Gasteiger partial charge in [0.1, 0.15) is 0 Å². The average Bonchev–Trinajstić information content (AvgIpc) is 2.00. The average molecular weight is 240 g/mol. The van der Waals surface area contributed by atoms with Crippen molar-refractivity contribution >= 4 is 33.6 Å². The normalized spacial score (nSPS) is 9.73. The molecular formula is C7H14BrNOS. The van der Waals surface area contributed by atoms with Crippen molar-refractivity contribution in [3.05, 3.63) is 0 Å². The zero-order chi connectivity index (χ0) is 8.69. The van der Waals surface area contributed by atoms with Gasteiger partial charge in [-0.1, -0.05) is 15.9 Å². The Morgan fingerprint density at radius 3 is 2.64 bits per heavy atom. The van der Waals surface area contributed by atoms with E-state index < -0.39 is 0 Å². The summed E-state index contributed by atoms with van der Waals surface area (Å²) in [6, 6.07) is 0. The molecule has 0 rings (SSSR count). The first kappa shape index (κ1) is 11.3. The molecule has 0 aliphatic heterocycles. The Morgan fingerprint density at radius 1 is 1.64 bits per heavy atom. The third-order valence-electron chi connectivity index (χ3n) is 1.36. The molecule has 0 bridgehead atoms. The van der Waals surface area contributed by atoms with Crippen LogP contribution in [0.5, 0.6) is 0 Å². The van der Waals surface area contributed by atoms with Gasteiger partial charge < -0.3 is 4.90 Å². The summed E-state index contributed by atoms with van der Waals surface area (Å²) in [5.41, 5.74) is 0. The van der Waals surface area contributed by atoms with E-state index in [-0.39, 0.29) is 5.91 Å². The molecule has 0 N–H and O–H groups in total. The topological polar surface area (TPSA) is 20.3 Å². The van der Waals surface area contributed by atoms with Crippen LogP contribution in [0.3, 0.4) is 0 Å². The third kappa shape index (κ3) is 4.69. The molecule has 0 unspecified atom stereocenters. The van der Waals surface area contributed by atoms with Gasteiger partial charge in [0.25, 0.3) is 0 Å². The van der Waals surface area contributed by atoms with Gasteiger partial charge in [0.15, 0.2) is 0 Å². The van der Waals surface area contributed by atoms with Crippen molar-refractivity contribution in [3.8, 4) is 0 Å². The van der Waals surface area contributed by atoms with Gasteiger partial charge in [-0.3, -0.25) is 4.79 Å². The zero-order valence-corrected chi connectivity index (χ0v) is 9.37. The van der Waals surface area contributed by atoms with Gasteiger partial charge in [0.2, 0.25) is 5.91 Å². The minimum absolute atomic E-state index is 0.236. The van der Waals surface area contributed by atoms with E-state index in [9.17, 15) is 4.79 Å². The molecule has 1 amide bonds. The van der Waals surface area contributed by atoms with Crippen molar-refractivity contribution in [1.29, 1.82) is 0 Å². The maximum atomic E-state index is 11.2. The summed E-state index contributed by atoms with van der Waals surface area (Å²) in [5, 5.41) is 0.862. The standard InChI is InChI=1S/C7H14BrNOS/c1-3-9(5-4-8)7(10)6-11-2/h3-6H2,1-2H3. The molecule has 11 heavy (non-hydrogen) atoms. The predicted molar refractivity (Wildman–Crippen MR) is 54.4 cm³/mol. The second kappa shape index (κ2) is 6.98. The highest BCUT2D eigenvalue weighted by Gasteiger charge is 2.08. The van der Waals surface area contributed by atoms with Crippen LogP contribution in [0.4, 0.5) is 0 Å². The molecule has 0 saturated carbocycles. The number of nitrogens with zero attached hydrogens (tertiary/aromatic N) is 1. The quantitative estimate of drug-likeness (QED) is 0.680. The molecule has 66 valence electrons. The van der Waals surface area contributed by atoms with Gasteiger partial charge >= 0.3 is 0 Å². The first-order chi connectivity index (χ1) is 5.26. The van der Waals surface area contributed by atoms with Crippen LogP contribution >= 0.6 is 27.7 Å². The van der Waals surface area contributed by atoms with Crippen LogP contribution in [0.15, 0.2) is 0 Å². The first-order valence-corrected chi connectivity index (χ1v) is 6.10. The Kier molecular flexibility index (Phi) is 7.17. The van der Waals surface area contributed by atoms with Crippen molar-refractivity contribution in [2.24, 2.45) is 0 Å². The number of carbonyl (C=O) groups is 1. The van der Waals surface area contributed by atoms with Crippen LogP contribution in [0, 0.1) is 0 Å². The van der Waals surface area contributed by atoms with Crippen molar-refractivity contribution in [3.63, 3.8) is 0 Å². The molecule has 0 atom stereocenters. The molecule has 0 aromatic heterocycles. The van der Waals surface area contributed by atoms with Gasteiger partial charge in [-0.05, 0) is 13.2 Å². The maximum absolute atomic E-state index is 11.2. The summed E-state index contributed by atoms with van der Waals surface area (Å²) in [6.07, 6.45) is 1.94. The van der Waals surface area contributed by atoms with E-state index >= 15 is 0 Å². The lowest BCUT2D eigenvalue weighted by atomic mass is 10.5. The van der Waals surface area contributed by atoms with Gasteiger partial charge in [0, 0.05) is 18.4 Å². The Bertz CT molecular complexity index is 121. The van der Waals surface area contributed by atoms with Gasteiger partial charge in [0.05, 0.1) is 5.75 Å². The molecule has 0 aromatic rings. The molecule has 0 aromatic carbocycles. The van der Waals surface area contributed by atoms with Crippen LogP contribution in [0.1, 0.15) is 6.92 Å². The van der Waals surface area contributed by atoms with E-state index in [1.807, 2.05) is 18.1 Å². The number of rotatable bonds is 5. The van der Waals surface area contributed by atoms with Crippen LogP contribution < -0.4 is 0 Å². The second-order valence-corrected chi connectivity index (χ2v) is 3.75. The Hall–Kier alpha value is 0.300. The van der Waals surface area contributed by atoms with E-state index in [0.29, 0.717) is 5.75 Å². The van der Waals surface area contributed by atoms with E-state index in [4.69, 9.17) is 0 Å². The predicted octanol–water partition coefficient (Wildman–Crippen LogP) is 1.59. The van der Waals surface area contributed by atoms with Crippen LogP contribution in [0.25, 0.3) is 0 Å². The third-order valence-corrected chi connectivity index (χ3v) is 2.25. The van der Waals surface area contributed by atoms with E-state index in [2.05, 4.69) is 15.9 Å². The number of hydrogen-bond donors (Lipinski definition) is 0. The number of alkyl halides is 1. The summed E-state index contributed by atoms with van der Waals surface area (Å²) in [5.74, 6) is 0.834. The number of amides is 1. The Balaban J connectivity index is 3.71. The summed E-state index contributed by atoms with van der Waals surface area (Å²) >= 11 is 4.88. The van der Waals surface area contributed by atoms with Crippen LogP contribution in [-0.4, -0.2) is 41.2 Å². The number of carbonyl (C=O) groups excluding carboxylic acids is 1. The zero-order valence-electron chi connectivity index (χ0n) is 6.97. The van der Waals surface area contributed by atoms with Crippen molar-refractivity contribution in [1.82, 2.24) is 4.90 Å². The monoisotopic (exact) mass is 239 g/mol. The SMILES string of the molecule is CCN(CCBr)C(=O)CSC.